The number of hydrogen-bond donors (Lipinski definition) is 6. The van der Waals surface area contributed by atoms with E-state index in [1.807, 2.05) is 70.2 Å². The molecule has 2 fully saturated rings. The summed E-state index contributed by atoms with van der Waals surface area (Å²) >= 11 is 0. The van der Waals surface area contributed by atoms with Crippen molar-refractivity contribution in [1.82, 2.24) is 41.5 Å². The minimum absolute atomic E-state index is 0.105. The van der Waals surface area contributed by atoms with Crippen LogP contribution in [0.1, 0.15) is 80.8 Å². The van der Waals surface area contributed by atoms with Gasteiger partial charge >= 0.3 is 12.2 Å². The van der Waals surface area contributed by atoms with Crippen LogP contribution in [0.4, 0.5) is 15.3 Å². The molecule has 5 amide bonds. The van der Waals surface area contributed by atoms with E-state index in [0.29, 0.717) is 62.4 Å². The highest BCUT2D eigenvalue weighted by molar-refractivity contribution is 5.98. The van der Waals surface area contributed by atoms with Crippen LogP contribution in [0.5, 0.6) is 0 Å². The second-order valence-corrected chi connectivity index (χ2v) is 16.5. The fraction of sp³-hybridized carbons (Fsp3) is 0.442. The van der Waals surface area contributed by atoms with Crippen molar-refractivity contribution in [3.8, 4) is 22.5 Å². The molecule has 1 aliphatic heterocycles. The topological polar surface area (TPSA) is 221 Å². The minimum Gasteiger partial charge on any atom is -0.465 e. The smallest absolute Gasteiger partial charge is 0.407 e. The number of ether oxygens (including phenoxy) is 1. The molecule has 59 heavy (non-hydrogen) atoms. The van der Waals surface area contributed by atoms with Crippen molar-refractivity contribution in [1.29, 1.82) is 0 Å². The predicted molar refractivity (Wildman–Crippen MR) is 220 cm³/mol. The quantitative estimate of drug-likeness (QED) is 0.102. The highest BCUT2D eigenvalue weighted by Crippen LogP contribution is 2.29. The molecule has 16 heteroatoms. The summed E-state index contributed by atoms with van der Waals surface area (Å²) in [5, 5.41) is 35.2. The standard InChI is InChI=1S/C43H53N9O7/c1-26-21-32(24-33(22-26)39(54)45-35-17-19-52(20-18-35)42(57)58)29-9-5-27(6-10-29)23-36(40(55)46-34-15-13-30(14-16-34)37-48-50-51-49-37)47-38(53)31-11-7-28(8-12-31)25-44-41(56)59-43(2,3)4/h5-6,9-10,13-16,21-22,24,28,31,35-36H,7-8,11-12,17-20,23,25H2,1-4H3,(H,44,56)(H,45,54)(H,46,55)(H,47,53)(H,57,58)(H,48,49,50,51)/t28?,31?,36-/m0/s1. The van der Waals surface area contributed by atoms with Gasteiger partial charge in [-0.2, -0.15) is 5.21 Å². The number of aromatic nitrogens is 4. The number of carboxylic acid groups (broad SMARTS) is 1. The average molecular weight is 808 g/mol. The number of nitrogens with zero attached hydrogens (tertiary/aromatic N) is 4. The second kappa shape index (κ2) is 19.0. The number of hydrogen-bond acceptors (Lipinski definition) is 9. The predicted octanol–water partition coefficient (Wildman–Crippen LogP) is 5.71. The number of H-pyrrole nitrogens is 1. The monoisotopic (exact) mass is 807 g/mol. The van der Waals surface area contributed by atoms with Crippen molar-refractivity contribution < 1.29 is 33.8 Å². The summed E-state index contributed by atoms with van der Waals surface area (Å²) in [5.74, 6) is -0.390. The molecule has 1 saturated heterocycles. The van der Waals surface area contributed by atoms with Crippen molar-refractivity contribution >= 4 is 35.6 Å². The fourth-order valence-corrected chi connectivity index (χ4v) is 7.52. The van der Waals surface area contributed by atoms with E-state index in [1.165, 1.54) is 4.90 Å². The van der Waals surface area contributed by atoms with E-state index >= 15 is 0 Å². The Kier molecular flexibility index (Phi) is 13.6. The summed E-state index contributed by atoms with van der Waals surface area (Å²) in [5.41, 5.74) is 4.67. The first-order valence-corrected chi connectivity index (χ1v) is 20.1. The molecular weight excluding hydrogens is 755 g/mol. The van der Waals surface area contributed by atoms with Crippen LogP contribution in [-0.4, -0.2) is 97.9 Å². The number of alkyl carbamates (subject to hydrolysis) is 1. The zero-order valence-electron chi connectivity index (χ0n) is 33.9. The molecule has 3 aromatic carbocycles. The second-order valence-electron chi connectivity index (χ2n) is 16.5. The lowest BCUT2D eigenvalue weighted by molar-refractivity contribution is -0.130. The van der Waals surface area contributed by atoms with Crippen molar-refractivity contribution in [2.24, 2.45) is 11.8 Å². The van der Waals surface area contributed by atoms with Crippen LogP contribution in [0.3, 0.4) is 0 Å². The summed E-state index contributed by atoms with van der Waals surface area (Å²) in [4.78, 5) is 65.7. The van der Waals surface area contributed by atoms with E-state index in [0.717, 1.165) is 40.7 Å². The van der Waals surface area contributed by atoms with Gasteiger partial charge in [0.15, 0.2) is 0 Å². The van der Waals surface area contributed by atoms with Gasteiger partial charge in [-0.25, -0.2) is 9.59 Å². The number of nitrogens with one attached hydrogen (secondary N) is 5. The first-order chi connectivity index (χ1) is 28.2. The number of aromatic amines is 1. The molecule has 4 aromatic rings. The van der Waals surface area contributed by atoms with E-state index in [1.54, 1.807) is 24.3 Å². The Balaban J connectivity index is 1.11. The number of anilines is 1. The Morgan fingerprint density at radius 1 is 0.881 bits per heavy atom. The Hall–Kier alpha value is -6.32. The van der Waals surface area contributed by atoms with Crippen LogP contribution < -0.4 is 21.3 Å². The van der Waals surface area contributed by atoms with Crippen LogP contribution in [0.2, 0.25) is 0 Å². The highest BCUT2D eigenvalue weighted by Gasteiger charge is 2.31. The molecule has 1 saturated carbocycles. The van der Waals surface area contributed by atoms with Crippen LogP contribution in [0, 0.1) is 18.8 Å². The van der Waals surface area contributed by atoms with Crippen molar-refractivity contribution in [3.05, 3.63) is 83.4 Å². The number of likely N-dealkylation sites (tertiary alicyclic amines) is 1. The van der Waals surface area contributed by atoms with Gasteiger partial charge in [0.2, 0.25) is 17.6 Å². The summed E-state index contributed by atoms with van der Waals surface area (Å²) in [6, 6.07) is 19.4. The summed E-state index contributed by atoms with van der Waals surface area (Å²) in [6.07, 6.45) is 2.72. The first-order valence-electron chi connectivity index (χ1n) is 20.1. The summed E-state index contributed by atoms with van der Waals surface area (Å²) in [6.45, 7) is 8.61. The van der Waals surface area contributed by atoms with Crippen LogP contribution in [0.15, 0.2) is 66.7 Å². The van der Waals surface area contributed by atoms with Crippen LogP contribution in [0.25, 0.3) is 22.5 Å². The molecule has 2 heterocycles. The Morgan fingerprint density at radius 2 is 1.56 bits per heavy atom. The van der Waals surface area contributed by atoms with Crippen molar-refractivity contribution in [2.75, 3.05) is 25.0 Å². The number of tetrazole rings is 1. The van der Waals surface area contributed by atoms with Gasteiger partial charge < -0.3 is 36.0 Å². The molecule has 0 bridgehead atoms. The van der Waals surface area contributed by atoms with Gasteiger partial charge in [-0.1, -0.05) is 30.3 Å². The normalized spacial score (nSPS) is 17.7. The molecule has 16 nitrogen and oxygen atoms in total. The molecular formula is C43H53N9O7. The molecule has 1 atom stereocenters. The zero-order chi connectivity index (χ0) is 42.1. The summed E-state index contributed by atoms with van der Waals surface area (Å²) < 4.78 is 5.36. The van der Waals surface area contributed by atoms with E-state index < -0.39 is 23.8 Å². The van der Waals surface area contributed by atoms with Crippen LogP contribution >= 0.6 is 0 Å². The van der Waals surface area contributed by atoms with E-state index in [9.17, 15) is 29.1 Å². The summed E-state index contributed by atoms with van der Waals surface area (Å²) in [7, 11) is 0. The Morgan fingerprint density at radius 3 is 2.19 bits per heavy atom. The number of benzene rings is 3. The number of amides is 5. The molecule has 1 aromatic heterocycles. The third-order valence-electron chi connectivity index (χ3n) is 10.7. The molecule has 0 spiro atoms. The lowest BCUT2D eigenvalue weighted by Gasteiger charge is -2.30. The average Bonchev–Trinajstić information content (AvgIpc) is 3.75. The molecule has 312 valence electrons. The molecule has 0 unspecified atom stereocenters. The molecule has 2 aliphatic rings. The van der Waals surface area contributed by atoms with Crippen LogP contribution in [-0.2, 0) is 20.7 Å². The maximum Gasteiger partial charge on any atom is 0.407 e. The largest absolute Gasteiger partial charge is 0.465 e. The van der Waals surface area contributed by atoms with Crippen molar-refractivity contribution in [3.63, 3.8) is 0 Å². The van der Waals surface area contributed by atoms with Gasteiger partial charge in [0, 0.05) is 54.8 Å². The minimum atomic E-state index is -0.946. The maximum absolute atomic E-state index is 13.9. The highest BCUT2D eigenvalue weighted by atomic mass is 16.6. The molecule has 0 radical (unpaired) electrons. The fourth-order valence-electron chi connectivity index (χ4n) is 7.52. The maximum atomic E-state index is 13.9. The third kappa shape index (κ3) is 12.1. The number of carbonyl (C=O) groups excluding carboxylic acids is 4. The van der Waals surface area contributed by atoms with E-state index in [2.05, 4.69) is 41.9 Å². The first kappa shape index (κ1) is 42.3. The number of aryl methyl sites for hydroxylation is 1. The Labute approximate surface area is 343 Å². The molecule has 6 N–H and O–H groups in total. The number of carbonyl (C=O) groups is 5. The number of rotatable bonds is 12. The molecule has 6 rings (SSSR count). The van der Waals surface area contributed by atoms with Crippen molar-refractivity contribution in [2.45, 2.75) is 90.3 Å². The van der Waals surface area contributed by atoms with Gasteiger partial charge in [-0.3, -0.25) is 14.4 Å². The SMILES string of the molecule is Cc1cc(C(=O)NC2CCN(C(=O)O)CC2)cc(-c2ccc(C[C@H](NC(=O)C3CCC(CNC(=O)OC(C)(C)C)CC3)C(=O)Nc3ccc(-c4nn[nH]n4)cc3)cc2)c1. The van der Waals surface area contributed by atoms with Gasteiger partial charge in [-0.05, 0) is 136 Å². The Bertz CT molecular complexity index is 2080. The van der Waals surface area contributed by atoms with Gasteiger partial charge in [0.25, 0.3) is 5.91 Å². The zero-order valence-corrected chi connectivity index (χ0v) is 33.9. The lowest BCUT2D eigenvalue weighted by atomic mass is 9.81. The molecule has 1 aliphatic carbocycles. The lowest BCUT2D eigenvalue weighted by Crippen LogP contribution is -2.48. The van der Waals surface area contributed by atoms with Gasteiger partial charge in [0.1, 0.15) is 11.6 Å². The van der Waals surface area contributed by atoms with E-state index in [4.69, 9.17) is 4.74 Å². The van der Waals surface area contributed by atoms with Gasteiger partial charge in [-0.15, -0.1) is 10.2 Å². The number of piperidine rings is 1. The van der Waals surface area contributed by atoms with Gasteiger partial charge in [0.05, 0.1) is 0 Å². The third-order valence-corrected chi connectivity index (χ3v) is 10.7. The van der Waals surface area contributed by atoms with E-state index in [-0.39, 0.29) is 42.0 Å².